The Balaban J connectivity index is 2.84. The van der Waals surface area contributed by atoms with Crippen molar-refractivity contribution in [1.29, 1.82) is 0 Å². The fourth-order valence-corrected chi connectivity index (χ4v) is 3.88. The Morgan fingerprint density at radius 1 is 1.10 bits per heavy atom. The summed E-state index contributed by atoms with van der Waals surface area (Å²) in [6.45, 7) is 3.70. The quantitative estimate of drug-likeness (QED) is 0.674. The molecule has 0 bridgehead atoms. The molecule has 1 aromatic carbocycles. The van der Waals surface area contributed by atoms with E-state index in [0.717, 1.165) is 5.56 Å². The van der Waals surface area contributed by atoms with E-state index >= 15 is 0 Å². The molecule has 1 rings (SSSR count). The Morgan fingerprint density at radius 2 is 1.65 bits per heavy atom. The molecular formula is C15H22Cl2O2S. The van der Waals surface area contributed by atoms with Crippen LogP contribution in [0.15, 0.2) is 24.3 Å². The lowest BCUT2D eigenvalue weighted by molar-refractivity contribution is 0.483. The number of hydrogen-bond acceptors (Lipinski definition) is 2. The van der Waals surface area contributed by atoms with Crippen LogP contribution in [0.25, 0.3) is 0 Å². The Bertz CT molecular complexity index is 505. The molecule has 0 radical (unpaired) electrons. The predicted octanol–water partition coefficient (Wildman–Crippen LogP) is 3.93. The van der Waals surface area contributed by atoms with Crippen LogP contribution in [0.2, 0.25) is 0 Å². The van der Waals surface area contributed by atoms with Crippen molar-refractivity contribution in [3.63, 3.8) is 0 Å². The predicted molar refractivity (Wildman–Crippen MR) is 87.9 cm³/mol. The van der Waals surface area contributed by atoms with Gasteiger partial charge >= 0.3 is 0 Å². The van der Waals surface area contributed by atoms with Crippen LogP contribution in [-0.2, 0) is 15.3 Å². The minimum Gasteiger partial charge on any atom is -0.229 e. The summed E-state index contributed by atoms with van der Waals surface area (Å²) in [4.78, 5) is 0. The zero-order valence-corrected chi connectivity index (χ0v) is 14.4. The number of alkyl halides is 2. The zero-order chi connectivity index (χ0) is 15.2. The van der Waals surface area contributed by atoms with Crippen LogP contribution in [0.3, 0.4) is 0 Å². The molecule has 20 heavy (non-hydrogen) atoms. The van der Waals surface area contributed by atoms with Gasteiger partial charge in [-0.15, -0.1) is 23.2 Å². The number of hydrogen-bond donors (Lipinski definition) is 0. The van der Waals surface area contributed by atoms with Crippen LogP contribution in [-0.4, -0.2) is 31.7 Å². The molecular weight excluding hydrogens is 315 g/mol. The molecule has 5 heteroatoms. The van der Waals surface area contributed by atoms with Gasteiger partial charge in [-0.25, -0.2) is 8.42 Å². The summed E-state index contributed by atoms with van der Waals surface area (Å²) in [5.74, 6) is 1.18. The third kappa shape index (κ3) is 4.64. The van der Waals surface area contributed by atoms with E-state index in [4.69, 9.17) is 23.2 Å². The van der Waals surface area contributed by atoms with Crippen molar-refractivity contribution >= 4 is 33.0 Å². The number of rotatable bonds is 8. The van der Waals surface area contributed by atoms with E-state index in [0.29, 0.717) is 24.6 Å². The highest BCUT2D eigenvalue weighted by atomic mass is 35.5. The van der Waals surface area contributed by atoms with E-state index in [1.54, 1.807) is 6.92 Å². The monoisotopic (exact) mass is 336 g/mol. The third-order valence-corrected chi connectivity index (χ3v) is 6.54. The third-order valence-electron chi connectivity index (χ3n) is 3.73. The lowest BCUT2D eigenvalue weighted by Gasteiger charge is -2.30. The van der Waals surface area contributed by atoms with Gasteiger partial charge in [0.25, 0.3) is 0 Å². The van der Waals surface area contributed by atoms with E-state index in [-0.39, 0.29) is 16.9 Å². The number of sulfone groups is 1. The molecule has 0 aliphatic rings. The Morgan fingerprint density at radius 3 is 2.10 bits per heavy atom. The van der Waals surface area contributed by atoms with Gasteiger partial charge in [0.1, 0.15) is 9.84 Å². The van der Waals surface area contributed by atoms with E-state index in [9.17, 15) is 8.42 Å². The summed E-state index contributed by atoms with van der Waals surface area (Å²) in [5, 5.41) is 0. The molecule has 1 aromatic rings. The highest BCUT2D eigenvalue weighted by Gasteiger charge is 2.30. The van der Waals surface area contributed by atoms with Gasteiger partial charge in [0.05, 0.1) is 5.75 Å². The van der Waals surface area contributed by atoms with Crippen LogP contribution < -0.4 is 0 Å². The van der Waals surface area contributed by atoms with Gasteiger partial charge in [-0.1, -0.05) is 36.8 Å². The van der Waals surface area contributed by atoms with Crippen molar-refractivity contribution in [3.8, 4) is 0 Å². The Kier molecular flexibility index (Phi) is 6.83. The largest absolute Gasteiger partial charge is 0.229 e. The van der Waals surface area contributed by atoms with E-state index in [1.807, 2.05) is 31.2 Å². The fraction of sp³-hybridized carbons (Fsp3) is 0.600. The molecule has 0 amide bonds. The first-order valence-corrected chi connectivity index (χ1v) is 9.67. The molecule has 0 heterocycles. The molecule has 0 spiro atoms. The second-order valence-corrected chi connectivity index (χ2v) is 8.26. The smallest absolute Gasteiger partial charge is 0.150 e. The molecule has 0 fully saturated rings. The molecule has 0 saturated heterocycles. The van der Waals surface area contributed by atoms with Gasteiger partial charge in [-0.3, -0.25) is 0 Å². The average molecular weight is 337 g/mol. The zero-order valence-electron chi connectivity index (χ0n) is 12.0. The van der Waals surface area contributed by atoms with Gasteiger partial charge in [-0.2, -0.15) is 0 Å². The highest BCUT2D eigenvalue weighted by molar-refractivity contribution is 7.91. The van der Waals surface area contributed by atoms with Gasteiger partial charge in [-0.05, 0) is 25.3 Å². The van der Waals surface area contributed by atoms with E-state index in [2.05, 4.69) is 0 Å². The molecule has 0 N–H and O–H groups in total. The number of aryl methyl sites for hydroxylation is 1. The maximum absolute atomic E-state index is 11.6. The molecule has 0 saturated carbocycles. The fourth-order valence-electron chi connectivity index (χ4n) is 2.15. The second-order valence-electron chi connectivity index (χ2n) is 5.25. The molecule has 0 aliphatic carbocycles. The molecule has 0 aromatic heterocycles. The molecule has 114 valence electrons. The minimum atomic E-state index is -2.93. The first-order chi connectivity index (χ1) is 9.39. The normalized spacial score (nSPS) is 12.6. The van der Waals surface area contributed by atoms with Crippen LogP contribution in [0, 0.1) is 6.92 Å². The topological polar surface area (TPSA) is 34.1 Å². The summed E-state index contributed by atoms with van der Waals surface area (Å²) in [5.41, 5.74) is 1.92. The lowest BCUT2D eigenvalue weighted by atomic mass is 9.80. The van der Waals surface area contributed by atoms with Crippen LogP contribution in [0.1, 0.15) is 30.9 Å². The summed E-state index contributed by atoms with van der Waals surface area (Å²) >= 11 is 12.3. The van der Waals surface area contributed by atoms with Gasteiger partial charge in [0.2, 0.25) is 0 Å². The SMILES string of the molecule is CCS(=O)(=O)CCCC(CCl)(CCl)c1ccc(C)cc1. The highest BCUT2D eigenvalue weighted by Crippen LogP contribution is 2.33. The van der Waals surface area contributed by atoms with E-state index < -0.39 is 9.84 Å². The van der Waals surface area contributed by atoms with Crippen molar-refractivity contribution < 1.29 is 8.42 Å². The maximum Gasteiger partial charge on any atom is 0.150 e. The van der Waals surface area contributed by atoms with E-state index in [1.165, 1.54) is 5.56 Å². The number of halogens is 2. The van der Waals surface area contributed by atoms with Crippen molar-refractivity contribution in [1.82, 2.24) is 0 Å². The van der Waals surface area contributed by atoms with Crippen LogP contribution in [0.5, 0.6) is 0 Å². The lowest BCUT2D eigenvalue weighted by Crippen LogP contribution is -2.31. The average Bonchev–Trinajstić information content (AvgIpc) is 2.45. The van der Waals surface area contributed by atoms with Crippen molar-refractivity contribution in [3.05, 3.63) is 35.4 Å². The Hall–Kier alpha value is -0.250. The Labute approximate surface area is 132 Å². The van der Waals surface area contributed by atoms with Crippen molar-refractivity contribution in [2.75, 3.05) is 23.3 Å². The molecule has 0 aliphatic heterocycles. The minimum absolute atomic E-state index is 0.187. The first kappa shape index (κ1) is 17.8. The van der Waals surface area contributed by atoms with Crippen LogP contribution >= 0.6 is 23.2 Å². The maximum atomic E-state index is 11.6. The van der Waals surface area contributed by atoms with Gasteiger partial charge in [0.15, 0.2) is 0 Å². The van der Waals surface area contributed by atoms with Crippen molar-refractivity contribution in [2.45, 2.75) is 32.1 Å². The summed E-state index contributed by atoms with van der Waals surface area (Å²) in [6, 6.07) is 8.14. The number of benzene rings is 1. The summed E-state index contributed by atoms with van der Waals surface area (Å²) in [6.07, 6.45) is 1.27. The summed E-state index contributed by atoms with van der Waals surface area (Å²) in [7, 11) is -2.93. The molecule has 0 atom stereocenters. The van der Waals surface area contributed by atoms with Crippen LogP contribution in [0.4, 0.5) is 0 Å². The van der Waals surface area contributed by atoms with Gasteiger partial charge in [0, 0.05) is 22.9 Å². The standard InChI is InChI=1S/C15H22Cl2O2S/c1-3-20(18,19)10-4-9-15(11-16,12-17)14-7-5-13(2)6-8-14/h5-8H,3-4,9-12H2,1-2H3. The van der Waals surface area contributed by atoms with Crippen molar-refractivity contribution in [2.24, 2.45) is 0 Å². The first-order valence-electron chi connectivity index (χ1n) is 6.78. The molecule has 0 unspecified atom stereocenters. The second kappa shape index (κ2) is 7.67. The van der Waals surface area contributed by atoms with Gasteiger partial charge < -0.3 is 0 Å². The summed E-state index contributed by atoms with van der Waals surface area (Å²) < 4.78 is 23.2. The molecule has 2 nitrogen and oxygen atoms in total.